The van der Waals surface area contributed by atoms with Crippen LogP contribution in [0.15, 0.2) is 41.8 Å². The lowest BCUT2D eigenvalue weighted by atomic mass is 10.3. The lowest BCUT2D eigenvalue weighted by Crippen LogP contribution is -2.30. The van der Waals surface area contributed by atoms with Gasteiger partial charge in [0.25, 0.3) is 0 Å². The minimum absolute atomic E-state index is 0.195. The summed E-state index contributed by atoms with van der Waals surface area (Å²) in [5.41, 5.74) is 0.568. The summed E-state index contributed by atoms with van der Waals surface area (Å²) >= 11 is 7.28. The Kier molecular flexibility index (Phi) is 6.76. The van der Waals surface area contributed by atoms with Crippen molar-refractivity contribution in [3.63, 3.8) is 0 Å². The summed E-state index contributed by atoms with van der Waals surface area (Å²) in [6.07, 6.45) is 0. The van der Waals surface area contributed by atoms with Gasteiger partial charge in [0.1, 0.15) is 11.5 Å². The van der Waals surface area contributed by atoms with Crippen LogP contribution in [0.2, 0.25) is 5.02 Å². The van der Waals surface area contributed by atoms with Crippen LogP contribution in [0.25, 0.3) is 0 Å². The Hall–Kier alpha value is -1.70. The van der Waals surface area contributed by atoms with Crippen LogP contribution < -0.4 is 10.6 Å². The Bertz CT molecular complexity index is 687. The molecule has 1 aromatic heterocycles. The van der Waals surface area contributed by atoms with Crippen molar-refractivity contribution < 1.29 is 13.8 Å². The monoisotopic (exact) mass is 370 g/mol. The Morgan fingerprint density at radius 3 is 2.43 bits per heavy atom. The molecule has 2 N–H and O–H groups in total. The molecule has 8 heteroatoms. The molecule has 0 radical (unpaired) electrons. The predicted octanol–water partition coefficient (Wildman–Crippen LogP) is 2.41. The van der Waals surface area contributed by atoms with E-state index in [1.807, 2.05) is 17.5 Å². The summed E-state index contributed by atoms with van der Waals surface area (Å²) in [4.78, 5) is 24.5. The van der Waals surface area contributed by atoms with Crippen molar-refractivity contribution in [2.24, 2.45) is 0 Å². The molecule has 0 fully saturated rings. The van der Waals surface area contributed by atoms with E-state index < -0.39 is 16.7 Å². The van der Waals surface area contributed by atoms with Crippen molar-refractivity contribution in [3.8, 4) is 0 Å². The van der Waals surface area contributed by atoms with E-state index in [2.05, 4.69) is 10.6 Å². The number of hydrogen-bond acceptors (Lipinski definition) is 4. The van der Waals surface area contributed by atoms with Gasteiger partial charge in [-0.3, -0.25) is 13.8 Å². The molecule has 122 valence electrons. The summed E-state index contributed by atoms with van der Waals surface area (Å²) in [6.45, 7) is 0.407. The maximum Gasteiger partial charge on any atom is 0.237 e. The topological polar surface area (TPSA) is 75.3 Å². The van der Waals surface area contributed by atoms with E-state index in [0.29, 0.717) is 17.3 Å². The van der Waals surface area contributed by atoms with Crippen LogP contribution >= 0.6 is 22.9 Å². The van der Waals surface area contributed by atoms with E-state index in [9.17, 15) is 13.8 Å². The minimum atomic E-state index is -1.55. The number of rotatable bonds is 7. The number of thiophene rings is 1. The van der Waals surface area contributed by atoms with E-state index in [1.165, 1.54) is 11.3 Å². The van der Waals surface area contributed by atoms with E-state index in [4.69, 9.17) is 11.6 Å². The van der Waals surface area contributed by atoms with E-state index in [0.717, 1.165) is 4.88 Å². The van der Waals surface area contributed by atoms with E-state index in [-0.39, 0.29) is 17.4 Å². The highest BCUT2D eigenvalue weighted by atomic mass is 35.5. The average Bonchev–Trinajstić information content (AvgIpc) is 3.00. The largest absolute Gasteiger partial charge is 0.350 e. The number of amides is 2. The second-order valence-electron chi connectivity index (χ2n) is 4.64. The van der Waals surface area contributed by atoms with Gasteiger partial charge in [0.05, 0.1) is 6.54 Å². The number of carbonyl (C=O) groups excluding carboxylic acids is 2. The molecule has 0 saturated heterocycles. The van der Waals surface area contributed by atoms with Gasteiger partial charge >= 0.3 is 0 Å². The van der Waals surface area contributed by atoms with Gasteiger partial charge in [-0.1, -0.05) is 17.7 Å². The van der Waals surface area contributed by atoms with Crippen LogP contribution in [0.3, 0.4) is 0 Å². The van der Waals surface area contributed by atoms with Crippen LogP contribution in [-0.4, -0.2) is 27.5 Å². The zero-order valence-corrected chi connectivity index (χ0v) is 14.5. The summed E-state index contributed by atoms with van der Waals surface area (Å²) in [5, 5.41) is 7.77. The summed E-state index contributed by atoms with van der Waals surface area (Å²) < 4.78 is 11.8. The molecule has 0 spiro atoms. The quantitative estimate of drug-likeness (QED) is 0.785. The first-order valence-electron chi connectivity index (χ1n) is 6.72. The zero-order chi connectivity index (χ0) is 16.7. The van der Waals surface area contributed by atoms with Crippen molar-refractivity contribution in [2.45, 2.75) is 6.54 Å². The maximum absolute atomic E-state index is 11.8. The second-order valence-corrected chi connectivity index (χ2v) is 7.57. The lowest BCUT2D eigenvalue weighted by Gasteiger charge is -2.06. The first kappa shape index (κ1) is 17.7. The van der Waals surface area contributed by atoms with Gasteiger partial charge in [0, 0.05) is 26.4 Å². The highest BCUT2D eigenvalue weighted by Gasteiger charge is 2.12. The fraction of sp³-hybridized carbons (Fsp3) is 0.200. The first-order valence-corrected chi connectivity index (χ1v) is 9.47. The molecule has 0 saturated carbocycles. The second kappa shape index (κ2) is 8.81. The molecule has 0 aliphatic rings. The highest BCUT2D eigenvalue weighted by molar-refractivity contribution is 7.86. The Balaban J connectivity index is 1.71. The summed E-state index contributed by atoms with van der Waals surface area (Å²) in [6, 6.07) is 10.4. The Morgan fingerprint density at radius 2 is 1.78 bits per heavy atom. The van der Waals surface area contributed by atoms with Crippen molar-refractivity contribution in [3.05, 3.63) is 51.7 Å². The Labute approximate surface area is 145 Å². The number of halogens is 1. The van der Waals surface area contributed by atoms with Crippen molar-refractivity contribution in [1.29, 1.82) is 0 Å². The minimum Gasteiger partial charge on any atom is -0.350 e. The highest BCUT2D eigenvalue weighted by Crippen LogP contribution is 2.13. The van der Waals surface area contributed by atoms with Gasteiger partial charge < -0.3 is 10.6 Å². The van der Waals surface area contributed by atoms with Gasteiger partial charge in [-0.15, -0.1) is 11.3 Å². The summed E-state index contributed by atoms with van der Waals surface area (Å²) in [5.74, 6) is -1.16. The van der Waals surface area contributed by atoms with Crippen LogP contribution in [0.4, 0.5) is 5.69 Å². The maximum atomic E-state index is 11.8. The van der Waals surface area contributed by atoms with E-state index >= 15 is 0 Å². The van der Waals surface area contributed by atoms with Gasteiger partial charge in [-0.05, 0) is 35.7 Å². The fourth-order valence-electron chi connectivity index (χ4n) is 1.72. The van der Waals surface area contributed by atoms with Crippen molar-refractivity contribution in [1.82, 2.24) is 5.32 Å². The molecule has 0 unspecified atom stereocenters. The van der Waals surface area contributed by atoms with Gasteiger partial charge in [-0.25, -0.2) is 0 Å². The van der Waals surface area contributed by atoms with Crippen molar-refractivity contribution >= 4 is 51.2 Å². The Morgan fingerprint density at radius 1 is 1.09 bits per heavy atom. The molecular formula is C15H15ClN2O3S2. The van der Waals surface area contributed by atoms with Gasteiger partial charge in [0.15, 0.2) is 0 Å². The van der Waals surface area contributed by atoms with Crippen LogP contribution in [-0.2, 0) is 26.9 Å². The van der Waals surface area contributed by atoms with Gasteiger partial charge in [-0.2, -0.15) is 0 Å². The third-order valence-electron chi connectivity index (χ3n) is 2.75. The molecular weight excluding hydrogens is 356 g/mol. The molecule has 1 atom stereocenters. The molecule has 5 nitrogen and oxygen atoms in total. The predicted molar refractivity (Wildman–Crippen MR) is 94.1 cm³/mol. The molecule has 2 aromatic rings. The molecule has 1 aromatic carbocycles. The third kappa shape index (κ3) is 6.52. The zero-order valence-electron chi connectivity index (χ0n) is 12.1. The smallest absolute Gasteiger partial charge is 0.237 e. The molecule has 0 bridgehead atoms. The normalized spacial score (nSPS) is 11.7. The van der Waals surface area contributed by atoms with Gasteiger partial charge in [0.2, 0.25) is 11.8 Å². The number of anilines is 1. The molecule has 2 amide bonds. The average molecular weight is 371 g/mol. The number of benzene rings is 1. The lowest BCUT2D eigenvalue weighted by molar-refractivity contribution is -0.118. The van der Waals surface area contributed by atoms with Crippen LogP contribution in [0.5, 0.6) is 0 Å². The fourth-order valence-corrected chi connectivity index (χ4v) is 3.36. The SMILES string of the molecule is O=C(C[S@@](=O)CC(=O)Nc1ccc(Cl)cc1)NCc1cccs1. The third-order valence-corrected chi connectivity index (χ3v) is 5.05. The van der Waals surface area contributed by atoms with E-state index in [1.54, 1.807) is 24.3 Å². The molecule has 0 aliphatic heterocycles. The first-order chi connectivity index (χ1) is 11.0. The van der Waals surface area contributed by atoms with Crippen molar-refractivity contribution in [2.75, 3.05) is 16.8 Å². The standard InChI is InChI=1S/C15H15ClN2O3S2/c16-11-3-5-12(6-4-11)18-15(20)10-23(21)9-14(19)17-8-13-2-1-7-22-13/h1-7H,8-10H2,(H,17,19)(H,18,20)/t23-/m1/s1. The number of nitrogens with one attached hydrogen (secondary N) is 2. The summed E-state index contributed by atoms with van der Waals surface area (Å²) in [7, 11) is -1.55. The van der Waals surface area contributed by atoms with Crippen LogP contribution in [0.1, 0.15) is 4.88 Å². The molecule has 23 heavy (non-hydrogen) atoms. The number of carbonyl (C=O) groups is 2. The van der Waals surface area contributed by atoms with Crippen LogP contribution in [0, 0.1) is 0 Å². The molecule has 1 heterocycles. The number of hydrogen-bond donors (Lipinski definition) is 2. The molecule has 0 aliphatic carbocycles. The molecule has 2 rings (SSSR count).